The maximum Gasteiger partial charge on any atom is 0.0911 e. The van der Waals surface area contributed by atoms with E-state index in [1.165, 1.54) is 0 Å². The summed E-state index contributed by atoms with van der Waals surface area (Å²) in [6.45, 7) is 1.76. The number of halogens is 1. The largest absolute Gasteiger partial charge is 0.315 e. The minimum atomic E-state index is -0.299. The second-order valence-electron chi connectivity index (χ2n) is 1.15. The SMILES string of the molecule is CC#CC[C@H](N)Cl. The van der Waals surface area contributed by atoms with Crippen LogP contribution >= 0.6 is 11.6 Å². The molecular weight excluding hydrogens is 110 g/mol. The Morgan fingerprint density at radius 3 is 2.57 bits per heavy atom. The van der Waals surface area contributed by atoms with E-state index in [1.807, 2.05) is 0 Å². The summed E-state index contributed by atoms with van der Waals surface area (Å²) in [6.07, 6.45) is 0.581. The van der Waals surface area contributed by atoms with Crippen LogP contribution in [0.5, 0.6) is 0 Å². The highest BCUT2D eigenvalue weighted by Gasteiger charge is 1.86. The molecule has 40 valence electrons. The third-order valence-corrected chi connectivity index (χ3v) is 0.628. The van der Waals surface area contributed by atoms with Crippen LogP contribution in [0.4, 0.5) is 0 Å². The molecule has 0 fully saturated rings. The Morgan fingerprint density at radius 2 is 2.43 bits per heavy atom. The molecule has 1 atom stereocenters. The van der Waals surface area contributed by atoms with Gasteiger partial charge in [0.1, 0.15) is 0 Å². The standard InChI is InChI=1S/C5H8ClN/c1-2-3-4-5(6)7/h5H,4,7H2,1H3/t5-/m0/s1. The van der Waals surface area contributed by atoms with Crippen LogP contribution in [0.15, 0.2) is 0 Å². The molecule has 0 unspecified atom stereocenters. The highest BCUT2D eigenvalue weighted by molar-refractivity contribution is 6.20. The molecule has 2 N–H and O–H groups in total. The molecule has 0 aliphatic carbocycles. The maximum atomic E-state index is 5.33. The molecule has 1 nitrogen and oxygen atoms in total. The molecule has 2 heteroatoms. The van der Waals surface area contributed by atoms with Crippen molar-refractivity contribution in [2.45, 2.75) is 18.8 Å². The molecule has 0 radical (unpaired) electrons. The van der Waals surface area contributed by atoms with Crippen LogP contribution in [0, 0.1) is 11.8 Å². The number of hydrogen-bond acceptors (Lipinski definition) is 1. The van der Waals surface area contributed by atoms with Crippen LogP contribution in [0.2, 0.25) is 0 Å². The van der Waals surface area contributed by atoms with Gasteiger partial charge in [0.15, 0.2) is 0 Å². The molecule has 0 heterocycles. The van der Waals surface area contributed by atoms with Crippen molar-refractivity contribution in [3.63, 3.8) is 0 Å². The van der Waals surface area contributed by atoms with Crippen LogP contribution in [-0.2, 0) is 0 Å². The van der Waals surface area contributed by atoms with E-state index in [4.69, 9.17) is 17.3 Å². The summed E-state index contributed by atoms with van der Waals surface area (Å²) in [7, 11) is 0. The lowest BCUT2D eigenvalue weighted by molar-refractivity contribution is 0.942. The Balaban J connectivity index is 3.08. The van der Waals surface area contributed by atoms with E-state index in [2.05, 4.69) is 11.8 Å². The van der Waals surface area contributed by atoms with Gasteiger partial charge in [0.2, 0.25) is 0 Å². The minimum absolute atomic E-state index is 0.299. The van der Waals surface area contributed by atoms with Crippen molar-refractivity contribution in [2.75, 3.05) is 0 Å². The van der Waals surface area contributed by atoms with Gasteiger partial charge in [0.05, 0.1) is 5.50 Å². The molecule has 0 saturated carbocycles. The van der Waals surface area contributed by atoms with E-state index in [0.29, 0.717) is 6.42 Å². The fourth-order valence-electron chi connectivity index (χ4n) is 0.200. The van der Waals surface area contributed by atoms with Gasteiger partial charge in [-0.1, -0.05) is 0 Å². The van der Waals surface area contributed by atoms with Gasteiger partial charge in [-0.05, 0) is 6.92 Å². The second-order valence-corrected chi connectivity index (χ2v) is 1.71. The summed E-state index contributed by atoms with van der Waals surface area (Å²) in [4.78, 5) is 0. The monoisotopic (exact) mass is 117 g/mol. The van der Waals surface area contributed by atoms with E-state index in [0.717, 1.165) is 0 Å². The summed E-state index contributed by atoms with van der Waals surface area (Å²) in [5.41, 5.74) is 4.84. The highest BCUT2D eigenvalue weighted by atomic mass is 35.5. The molecule has 0 spiro atoms. The predicted octanol–water partition coefficient (Wildman–Crippen LogP) is 0.923. The van der Waals surface area contributed by atoms with E-state index in [9.17, 15) is 0 Å². The zero-order chi connectivity index (χ0) is 5.70. The molecule has 0 rings (SSSR count). The average Bonchev–Trinajstić information content (AvgIpc) is 1.61. The number of rotatable bonds is 1. The van der Waals surface area contributed by atoms with Gasteiger partial charge < -0.3 is 5.73 Å². The molecule has 0 aromatic rings. The van der Waals surface area contributed by atoms with Crippen molar-refractivity contribution in [2.24, 2.45) is 5.73 Å². The predicted molar refractivity (Wildman–Crippen MR) is 31.9 cm³/mol. The first-order valence-electron chi connectivity index (χ1n) is 2.06. The lowest BCUT2D eigenvalue weighted by Crippen LogP contribution is -2.09. The molecule has 0 aliphatic rings. The Morgan fingerprint density at radius 1 is 1.86 bits per heavy atom. The lowest BCUT2D eigenvalue weighted by atomic mass is 10.4. The molecule has 0 aromatic heterocycles. The van der Waals surface area contributed by atoms with E-state index in [1.54, 1.807) is 6.92 Å². The zero-order valence-electron chi connectivity index (χ0n) is 4.24. The topological polar surface area (TPSA) is 26.0 Å². The molecular formula is C5H8ClN. The van der Waals surface area contributed by atoms with Crippen LogP contribution in [-0.4, -0.2) is 5.50 Å². The van der Waals surface area contributed by atoms with Gasteiger partial charge in [-0.15, -0.1) is 23.4 Å². The van der Waals surface area contributed by atoms with Gasteiger partial charge in [0.25, 0.3) is 0 Å². The van der Waals surface area contributed by atoms with Crippen molar-refractivity contribution in [3.8, 4) is 11.8 Å². The Labute approximate surface area is 48.8 Å². The second kappa shape index (κ2) is 3.98. The molecule has 0 aliphatic heterocycles. The Kier molecular flexibility index (Phi) is 3.87. The molecule has 0 bridgehead atoms. The summed E-state index contributed by atoms with van der Waals surface area (Å²) in [5.74, 6) is 5.43. The van der Waals surface area contributed by atoms with E-state index < -0.39 is 0 Å². The highest BCUT2D eigenvalue weighted by Crippen LogP contribution is 1.88. The number of alkyl halides is 1. The maximum absolute atomic E-state index is 5.33. The van der Waals surface area contributed by atoms with Gasteiger partial charge in [0, 0.05) is 6.42 Å². The lowest BCUT2D eigenvalue weighted by Gasteiger charge is -1.89. The van der Waals surface area contributed by atoms with Crippen LogP contribution in [0.1, 0.15) is 13.3 Å². The summed E-state index contributed by atoms with van der Waals surface area (Å²) < 4.78 is 0. The summed E-state index contributed by atoms with van der Waals surface area (Å²) >= 11 is 5.33. The summed E-state index contributed by atoms with van der Waals surface area (Å²) in [6, 6.07) is 0. The molecule has 0 saturated heterocycles. The van der Waals surface area contributed by atoms with E-state index >= 15 is 0 Å². The number of nitrogens with two attached hydrogens (primary N) is 1. The number of hydrogen-bond donors (Lipinski definition) is 1. The fraction of sp³-hybridized carbons (Fsp3) is 0.600. The Hall–Kier alpha value is -0.190. The van der Waals surface area contributed by atoms with Crippen molar-refractivity contribution >= 4 is 11.6 Å². The fourth-order valence-corrected chi connectivity index (χ4v) is 0.277. The average molecular weight is 118 g/mol. The van der Waals surface area contributed by atoms with Crippen LogP contribution in [0.3, 0.4) is 0 Å². The van der Waals surface area contributed by atoms with Crippen LogP contribution in [0.25, 0.3) is 0 Å². The van der Waals surface area contributed by atoms with Gasteiger partial charge >= 0.3 is 0 Å². The van der Waals surface area contributed by atoms with Crippen molar-refractivity contribution < 1.29 is 0 Å². The van der Waals surface area contributed by atoms with Gasteiger partial charge in [-0.25, -0.2) is 0 Å². The summed E-state index contributed by atoms with van der Waals surface area (Å²) in [5, 5.41) is 0. The Bertz CT molecular complexity index is 88.0. The molecule has 0 amide bonds. The first-order valence-corrected chi connectivity index (χ1v) is 2.50. The minimum Gasteiger partial charge on any atom is -0.315 e. The van der Waals surface area contributed by atoms with Crippen LogP contribution < -0.4 is 5.73 Å². The van der Waals surface area contributed by atoms with Crippen molar-refractivity contribution in [3.05, 3.63) is 0 Å². The van der Waals surface area contributed by atoms with Gasteiger partial charge in [-0.3, -0.25) is 0 Å². The first kappa shape index (κ1) is 6.81. The normalized spacial score (nSPS) is 11.9. The first-order chi connectivity index (χ1) is 3.27. The molecule has 7 heavy (non-hydrogen) atoms. The van der Waals surface area contributed by atoms with Gasteiger partial charge in [-0.2, -0.15) is 0 Å². The molecule has 0 aromatic carbocycles. The quantitative estimate of drug-likeness (QED) is 0.309. The van der Waals surface area contributed by atoms with Crippen molar-refractivity contribution in [1.82, 2.24) is 0 Å². The zero-order valence-corrected chi connectivity index (χ0v) is 5.00. The third kappa shape index (κ3) is 5.81. The van der Waals surface area contributed by atoms with E-state index in [-0.39, 0.29) is 5.50 Å². The van der Waals surface area contributed by atoms with Crippen molar-refractivity contribution in [1.29, 1.82) is 0 Å². The smallest absolute Gasteiger partial charge is 0.0911 e. The third-order valence-electron chi connectivity index (χ3n) is 0.474.